The van der Waals surface area contributed by atoms with Gasteiger partial charge in [-0.2, -0.15) is 0 Å². The van der Waals surface area contributed by atoms with Crippen molar-refractivity contribution in [1.29, 1.82) is 0 Å². The number of carbonyl (C=O) groups is 1. The highest BCUT2D eigenvalue weighted by Gasteiger charge is 2.36. The van der Waals surface area contributed by atoms with Crippen LogP contribution < -0.4 is 9.64 Å². The molecule has 0 spiro atoms. The van der Waals surface area contributed by atoms with Crippen molar-refractivity contribution in [3.63, 3.8) is 0 Å². The van der Waals surface area contributed by atoms with Gasteiger partial charge in [-0.1, -0.05) is 50.2 Å². The smallest absolute Gasteiger partial charge is 0.227 e. The molecule has 2 atom stereocenters. The zero-order valence-electron chi connectivity index (χ0n) is 20.5. The van der Waals surface area contributed by atoms with E-state index in [1.165, 1.54) is 16.5 Å². The quantitative estimate of drug-likeness (QED) is 0.368. The van der Waals surface area contributed by atoms with Crippen molar-refractivity contribution in [3.05, 3.63) is 90.0 Å². The number of aliphatic hydroxyl groups is 1. The van der Waals surface area contributed by atoms with Crippen LogP contribution in [0.25, 0.3) is 11.0 Å². The maximum Gasteiger partial charge on any atom is 0.227 e. The first-order chi connectivity index (χ1) is 17.4. The van der Waals surface area contributed by atoms with Gasteiger partial charge in [-0.15, -0.1) is 0 Å². The summed E-state index contributed by atoms with van der Waals surface area (Å²) in [6.07, 6.45) is -0.558. The van der Waals surface area contributed by atoms with Crippen LogP contribution in [0.3, 0.4) is 0 Å². The molecule has 0 saturated carbocycles. The van der Waals surface area contributed by atoms with Gasteiger partial charge in [0.15, 0.2) is 0 Å². The molecule has 0 radical (unpaired) electrons. The van der Waals surface area contributed by atoms with Crippen LogP contribution in [0.1, 0.15) is 43.5 Å². The first-order valence-electron chi connectivity index (χ1n) is 12.3. The molecule has 6 nitrogen and oxygen atoms in total. The predicted molar refractivity (Wildman–Crippen MR) is 138 cm³/mol. The molecule has 1 fully saturated rings. The number of anilines is 1. The van der Waals surface area contributed by atoms with E-state index in [4.69, 9.17) is 9.72 Å². The number of halogens is 1. The molecule has 0 unspecified atom stereocenters. The van der Waals surface area contributed by atoms with Crippen LogP contribution in [0.4, 0.5) is 10.1 Å². The summed E-state index contributed by atoms with van der Waals surface area (Å²) >= 11 is 0. The Hall–Kier alpha value is -3.71. The van der Waals surface area contributed by atoms with Crippen molar-refractivity contribution in [2.45, 2.75) is 44.8 Å². The topological polar surface area (TPSA) is 67.6 Å². The highest BCUT2D eigenvalue weighted by atomic mass is 19.1. The number of para-hydroxylation sites is 3. The van der Waals surface area contributed by atoms with Gasteiger partial charge >= 0.3 is 0 Å². The van der Waals surface area contributed by atoms with Crippen molar-refractivity contribution in [1.82, 2.24) is 9.55 Å². The fourth-order valence-electron chi connectivity index (χ4n) is 4.79. The second-order valence-electron chi connectivity index (χ2n) is 9.61. The fraction of sp³-hybridized carbons (Fsp3) is 0.310. The Morgan fingerprint density at radius 3 is 2.53 bits per heavy atom. The van der Waals surface area contributed by atoms with Crippen molar-refractivity contribution >= 4 is 22.6 Å². The summed E-state index contributed by atoms with van der Waals surface area (Å²) in [5.74, 6) is 1.07. The summed E-state index contributed by atoms with van der Waals surface area (Å²) in [6.45, 7) is 5.00. The summed E-state index contributed by atoms with van der Waals surface area (Å²) in [4.78, 5) is 19.1. The van der Waals surface area contributed by atoms with Gasteiger partial charge in [-0.3, -0.25) is 4.79 Å². The molecule has 1 aromatic heterocycles. The SMILES string of the molecule is CC(C)c1ccc(OC[C@@H](O)Cn2c([C@H]3CC(=O)N(c4ccccc4F)C3)nc3ccccc32)cc1. The molecule has 3 aromatic carbocycles. The Kier molecular flexibility index (Phi) is 6.74. The summed E-state index contributed by atoms with van der Waals surface area (Å²) < 4.78 is 22.2. The van der Waals surface area contributed by atoms with Crippen LogP contribution >= 0.6 is 0 Å². The summed E-state index contributed by atoms with van der Waals surface area (Å²) in [5, 5.41) is 10.9. The largest absolute Gasteiger partial charge is 0.491 e. The third-order valence-corrected chi connectivity index (χ3v) is 6.70. The molecular formula is C29H30FN3O3. The highest BCUT2D eigenvalue weighted by molar-refractivity contribution is 5.96. The molecule has 1 amide bonds. The number of nitrogens with zero attached hydrogens (tertiary/aromatic N) is 3. The zero-order valence-corrected chi connectivity index (χ0v) is 20.5. The number of amides is 1. The number of ether oxygens (including phenoxy) is 1. The van der Waals surface area contributed by atoms with Gasteiger partial charge in [-0.05, 0) is 47.9 Å². The summed E-state index contributed by atoms with van der Waals surface area (Å²) in [5.41, 5.74) is 3.18. The van der Waals surface area contributed by atoms with Gasteiger partial charge in [0.1, 0.15) is 30.1 Å². The number of rotatable bonds is 8. The van der Waals surface area contributed by atoms with Crippen molar-refractivity contribution in [2.75, 3.05) is 18.1 Å². The number of hydrogen-bond acceptors (Lipinski definition) is 4. The molecular weight excluding hydrogens is 457 g/mol. The van der Waals surface area contributed by atoms with Crippen molar-refractivity contribution in [2.24, 2.45) is 0 Å². The Morgan fingerprint density at radius 1 is 1.06 bits per heavy atom. The molecule has 1 saturated heterocycles. The van der Waals surface area contributed by atoms with Crippen LogP contribution in [0.5, 0.6) is 5.75 Å². The molecule has 4 aromatic rings. The van der Waals surface area contributed by atoms with E-state index in [2.05, 4.69) is 13.8 Å². The lowest BCUT2D eigenvalue weighted by Crippen LogP contribution is -2.27. The van der Waals surface area contributed by atoms with E-state index in [1.807, 2.05) is 53.1 Å². The minimum Gasteiger partial charge on any atom is -0.491 e. The highest BCUT2D eigenvalue weighted by Crippen LogP contribution is 2.34. The van der Waals surface area contributed by atoms with Crippen LogP contribution in [0.2, 0.25) is 0 Å². The first-order valence-corrected chi connectivity index (χ1v) is 12.3. The average Bonchev–Trinajstić information content (AvgIpc) is 3.44. The second-order valence-corrected chi connectivity index (χ2v) is 9.61. The Morgan fingerprint density at radius 2 is 1.78 bits per heavy atom. The molecule has 7 heteroatoms. The van der Waals surface area contributed by atoms with E-state index >= 15 is 0 Å². The molecule has 5 rings (SSSR count). The van der Waals surface area contributed by atoms with Crippen LogP contribution in [-0.2, 0) is 11.3 Å². The average molecular weight is 488 g/mol. The second kappa shape index (κ2) is 10.1. The minimum absolute atomic E-state index is 0.123. The normalized spacial score (nSPS) is 16.8. The van der Waals surface area contributed by atoms with E-state index in [1.54, 1.807) is 18.2 Å². The third-order valence-electron chi connectivity index (χ3n) is 6.70. The molecule has 0 bridgehead atoms. The molecule has 36 heavy (non-hydrogen) atoms. The van der Waals surface area contributed by atoms with Crippen molar-refractivity contribution in [3.8, 4) is 5.75 Å². The number of carbonyl (C=O) groups excluding carboxylic acids is 1. The Balaban J connectivity index is 1.35. The summed E-state index contributed by atoms with van der Waals surface area (Å²) in [7, 11) is 0. The van der Waals surface area contributed by atoms with Gasteiger partial charge < -0.3 is 19.3 Å². The van der Waals surface area contributed by atoms with Crippen molar-refractivity contribution < 1.29 is 19.0 Å². The molecule has 186 valence electrons. The van der Waals surface area contributed by atoms with Crippen LogP contribution in [0, 0.1) is 5.82 Å². The van der Waals surface area contributed by atoms with Crippen LogP contribution in [0.15, 0.2) is 72.8 Å². The molecule has 1 aliphatic rings. The monoisotopic (exact) mass is 487 g/mol. The first kappa shape index (κ1) is 24.0. The zero-order chi connectivity index (χ0) is 25.2. The molecule has 1 aliphatic heterocycles. The van der Waals surface area contributed by atoms with E-state index in [0.717, 1.165) is 11.0 Å². The standard InChI is InChI=1S/C29H30FN3O3/c1-19(2)20-11-13-23(14-12-20)36-18-22(34)17-33-27-10-6-4-8-25(27)31-29(33)21-15-28(35)32(16-21)26-9-5-3-7-24(26)30/h3-14,19,21-22,34H,15-18H2,1-2H3/t21-,22-/m0/s1. The number of benzene rings is 3. The number of aromatic nitrogens is 2. The van der Waals surface area contributed by atoms with E-state index in [0.29, 0.717) is 24.0 Å². The number of fused-ring (bicyclic) bond motifs is 1. The Bertz CT molecular complexity index is 1370. The molecule has 2 heterocycles. The number of hydrogen-bond donors (Lipinski definition) is 1. The van der Waals surface area contributed by atoms with Gasteiger partial charge in [0, 0.05) is 18.9 Å². The van der Waals surface area contributed by atoms with E-state index in [-0.39, 0.29) is 37.1 Å². The van der Waals surface area contributed by atoms with Gasteiger partial charge in [0.05, 0.1) is 23.3 Å². The lowest BCUT2D eigenvalue weighted by atomic mass is 10.0. The third kappa shape index (κ3) is 4.84. The van der Waals surface area contributed by atoms with E-state index < -0.39 is 11.9 Å². The Labute approximate surface area is 210 Å². The van der Waals surface area contributed by atoms with E-state index in [9.17, 15) is 14.3 Å². The van der Waals surface area contributed by atoms with Gasteiger partial charge in [-0.25, -0.2) is 9.37 Å². The lowest BCUT2D eigenvalue weighted by molar-refractivity contribution is -0.117. The fourth-order valence-corrected chi connectivity index (χ4v) is 4.79. The number of aliphatic hydroxyl groups excluding tert-OH is 1. The van der Waals surface area contributed by atoms with Gasteiger partial charge in [0.2, 0.25) is 5.91 Å². The van der Waals surface area contributed by atoms with Gasteiger partial charge in [0.25, 0.3) is 0 Å². The maximum absolute atomic E-state index is 14.4. The lowest BCUT2D eigenvalue weighted by Gasteiger charge is -2.19. The minimum atomic E-state index is -0.786. The molecule has 1 N–H and O–H groups in total. The number of imidazole rings is 1. The predicted octanol–water partition coefficient (Wildman–Crippen LogP) is 5.26. The summed E-state index contributed by atoms with van der Waals surface area (Å²) in [6, 6.07) is 21.9. The maximum atomic E-state index is 14.4. The molecule has 0 aliphatic carbocycles. The van der Waals surface area contributed by atoms with Crippen LogP contribution in [-0.4, -0.2) is 39.8 Å².